The molecule has 0 aliphatic heterocycles. The van der Waals surface area contributed by atoms with Crippen LogP contribution in [0.15, 0.2) is 60.7 Å². The van der Waals surface area contributed by atoms with Crippen LogP contribution in [0.2, 0.25) is 0 Å². The van der Waals surface area contributed by atoms with Crippen LogP contribution in [-0.4, -0.2) is 0 Å². The van der Waals surface area contributed by atoms with Crippen molar-refractivity contribution in [3.8, 4) is 0 Å². The molecule has 0 amide bonds. The molecule has 2 aromatic rings. The largest absolute Gasteiger partial charge is 0.0654 e. The molecule has 0 atom stereocenters. The summed E-state index contributed by atoms with van der Waals surface area (Å²) in [5.41, 5.74) is 4.06. The zero-order chi connectivity index (χ0) is 12.6. The molecule has 0 saturated carbocycles. The summed E-state index contributed by atoms with van der Waals surface area (Å²) in [6.07, 6.45) is 5.94. The highest BCUT2D eigenvalue weighted by Crippen LogP contribution is 2.23. The molecule has 0 aromatic heterocycles. The lowest BCUT2D eigenvalue weighted by molar-refractivity contribution is 0.825. The quantitative estimate of drug-likeness (QED) is 0.608. The van der Waals surface area contributed by atoms with Gasteiger partial charge in [-0.25, -0.2) is 0 Å². The Balaban J connectivity index is 2.28. The van der Waals surface area contributed by atoms with Crippen LogP contribution in [0, 0.1) is 0 Å². The fourth-order valence-electron chi connectivity index (χ4n) is 2.07. The van der Waals surface area contributed by atoms with Crippen LogP contribution in [0.4, 0.5) is 0 Å². The maximum atomic E-state index is 2.31. The van der Waals surface area contributed by atoms with Gasteiger partial charge in [0.15, 0.2) is 0 Å². The molecular formula is C18H20. The van der Waals surface area contributed by atoms with Crippen molar-refractivity contribution in [2.45, 2.75) is 26.2 Å². The molecule has 0 N–H and O–H groups in total. The number of unbranched alkanes of at least 4 members (excludes halogenated alkanes) is 1. The van der Waals surface area contributed by atoms with Gasteiger partial charge in [0, 0.05) is 0 Å². The van der Waals surface area contributed by atoms with E-state index in [0.29, 0.717) is 0 Å². The van der Waals surface area contributed by atoms with E-state index in [2.05, 4.69) is 73.7 Å². The molecule has 0 heteroatoms. The molecule has 0 fully saturated rings. The Hall–Kier alpha value is -1.82. The zero-order valence-corrected chi connectivity index (χ0v) is 11.0. The van der Waals surface area contributed by atoms with Gasteiger partial charge in [0.25, 0.3) is 0 Å². The molecule has 0 aliphatic rings. The molecule has 2 aromatic carbocycles. The number of hydrogen-bond acceptors (Lipinski definition) is 0. The summed E-state index contributed by atoms with van der Waals surface area (Å²) in [6.45, 7) is 2.24. The van der Waals surface area contributed by atoms with E-state index in [1.165, 1.54) is 29.5 Å². The lowest BCUT2D eigenvalue weighted by Gasteiger charge is -2.07. The van der Waals surface area contributed by atoms with Gasteiger partial charge in [-0.2, -0.15) is 0 Å². The lowest BCUT2D eigenvalue weighted by atomic mass is 9.98. The number of rotatable bonds is 5. The third-order valence-corrected chi connectivity index (χ3v) is 3.08. The molecule has 0 aliphatic carbocycles. The Morgan fingerprint density at radius 3 is 2.11 bits per heavy atom. The van der Waals surface area contributed by atoms with E-state index >= 15 is 0 Å². The van der Waals surface area contributed by atoms with E-state index in [1.807, 2.05) is 0 Å². The van der Waals surface area contributed by atoms with Crippen LogP contribution in [0.25, 0.3) is 11.6 Å². The summed E-state index contributed by atoms with van der Waals surface area (Å²) in [6, 6.07) is 21.3. The molecule has 0 saturated heterocycles. The average molecular weight is 236 g/mol. The van der Waals surface area contributed by atoms with Gasteiger partial charge in [0.05, 0.1) is 0 Å². The Labute approximate surface area is 110 Å². The SMILES string of the molecule is CCCCC(=Cc1ccccc1)c1ccccc1. The van der Waals surface area contributed by atoms with E-state index in [9.17, 15) is 0 Å². The fraction of sp³-hybridized carbons (Fsp3) is 0.222. The first-order valence-electron chi connectivity index (χ1n) is 6.71. The molecule has 18 heavy (non-hydrogen) atoms. The van der Waals surface area contributed by atoms with Gasteiger partial charge < -0.3 is 0 Å². The van der Waals surface area contributed by atoms with E-state index in [4.69, 9.17) is 0 Å². The van der Waals surface area contributed by atoms with Crippen molar-refractivity contribution >= 4 is 11.6 Å². The van der Waals surface area contributed by atoms with Gasteiger partial charge in [-0.3, -0.25) is 0 Å². The third kappa shape index (κ3) is 3.59. The highest BCUT2D eigenvalue weighted by atomic mass is 14.1. The first-order valence-corrected chi connectivity index (χ1v) is 6.71. The number of allylic oxidation sites excluding steroid dienone is 1. The second-order valence-corrected chi connectivity index (χ2v) is 4.55. The summed E-state index contributed by atoms with van der Waals surface area (Å²) < 4.78 is 0. The van der Waals surface area contributed by atoms with Crippen LogP contribution in [0.1, 0.15) is 37.3 Å². The van der Waals surface area contributed by atoms with Crippen LogP contribution in [0.3, 0.4) is 0 Å². The van der Waals surface area contributed by atoms with Crippen LogP contribution in [-0.2, 0) is 0 Å². The maximum Gasteiger partial charge on any atom is -0.0224 e. The van der Waals surface area contributed by atoms with Gasteiger partial charge in [-0.15, -0.1) is 0 Å². The minimum Gasteiger partial charge on any atom is -0.0654 e. The second-order valence-electron chi connectivity index (χ2n) is 4.55. The van der Waals surface area contributed by atoms with E-state index in [1.54, 1.807) is 0 Å². The lowest BCUT2D eigenvalue weighted by Crippen LogP contribution is -1.85. The minimum atomic E-state index is 1.15. The zero-order valence-electron chi connectivity index (χ0n) is 11.0. The summed E-state index contributed by atoms with van der Waals surface area (Å²) in [7, 11) is 0. The second kappa shape index (κ2) is 6.80. The highest BCUT2D eigenvalue weighted by Gasteiger charge is 2.00. The van der Waals surface area contributed by atoms with Gasteiger partial charge in [0.1, 0.15) is 0 Å². The van der Waals surface area contributed by atoms with Crippen molar-refractivity contribution in [1.82, 2.24) is 0 Å². The molecule has 0 heterocycles. The summed E-state index contributed by atoms with van der Waals surface area (Å²) in [4.78, 5) is 0. The molecule has 0 spiro atoms. The fourth-order valence-corrected chi connectivity index (χ4v) is 2.07. The molecule has 92 valence electrons. The van der Waals surface area contributed by atoms with Crippen molar-refractivity contribution in [2.24, 2.45) is 0 Å². The minimum absolute atomic E-state index is 1.15. The number of benzene rings is 2. The highest BCUT2D eigenvalue weighted by molar-refractivity contribution is 5.81. The molecular weight excluding hydrogens is 216 g/mol. The standard InChI is InChI=1S/C18H20/c1-2-3-12-18(17-13-8-5-9-14-17)15-16-10-6-4-7-11-16/h4-11,13-15H,2-3,12H2,1H3. The van der Waals surface area contributed by atoms with Crippen LogP contribution < -0.4 is 0 Å². The molecule has 0 radical (unpaired) electrons. The number of hydrogen-bond donors (Lipinski definition) is 0. The van der Waals surface area contributed by atoms with Gasteiger partial charge in [-0.05, 0) is 29.5 Å². The van der Waals surface area contributed by atoms with Crippen LogP contribution >= 0.6 is 0 Å². The third-order valence-electron chi connectivity index (χ3n) is 3.08. The molecule has 0 bridgehead atoms. The van der Waals surface area contributed by atoms with Crippen LogP contribution in [0.5, 0.6) is 0 Å². The van der Waals surface area contributed by atoms with Crippen molar-refractivity contribution < 1.29 is 0 Å². The normalized spacial score (nSPS) is 11.5. The summed E-state index contributed by atoms with van der Waals surface area (Å²) in [5, 5.41) is 0. The van der Waals surface area contributed by atoms with Crippen molar-refractivity contribution in [2.75, 3.05) is 0 Å². The van der Waals surface area contributed by atoms with Crippen molar-refractivity contribution in [3.63, 3.8) is 0 Å². The molecule has 0 unspecified atom stereocenters. The van der Waals surface area contributed by atoms with E-state index in [0.717, 1.165) is 6.42 Å². The first-order chi connectivity index (χ1) is 8.90. The Kier molecular flexibility index (Phi) is 4.78. The van der Waals surface area contributed by atoms with E-state index in [-0.39, 0.29) is 0 Å². The predicted octanol–water partition coefficient (Wildman–Crippen LogP) is 5.42. The van der Waals surface area contributed by atoms with Gasteiger partial charge in [-0.1, -0.05) is 80.1 Å². The summed E-state index contributed by atoms with van der Waals surface area (Å²) >= 11 is 0. The van der Waals surface area contributed by atoms with Gasteiger partial charge >= 0.3 is 0 Å². The predicted molar refractivity (Wildman–Crippen MR) is 80.3 cm³/mol. The van der Waals surface area contributed by atoms with Crippen molar-refractivity contribution in [1.29, 1.82) is 0 Å². The summed E-state index contributed by atoms with van der Waals surface area (Å²) in [5.74, 6) is 0. The Bertz CT molecular complexity index is 480. The Morgan fingerprint density at radius 1 is 0.889 bits per heavy atom. The van der Waals surface area contributed by atoms with Gasteiger partial charge in [0.2, 0.25) is 0 Å². The van der Waals surface area contributed by atoms with E-state index < -0.39 is 0 Å². The first kappa shape index (κ1) is 12.6. The molecule has 0 nitrogen and oxygen atoms in total. The Morgan fingerprint density at radius 2 is 1.50 bits per heavy atom. The topological polar surface area (TPSA) is 0 Å². The maximum absolute atomic E-state index is 2.31. The smallest absolute Gasteiger partial charge is 0.0224 e. The monoisotopic (exact) mass is 236 g/mol. The van der Waals surface area contributed by atoms with Crippen molar-refractivity contribution in [3.05, 3.63) is 71.8 Å². The molecule has 2 rings (SSSR count). The average Bonchev–Trinajstić information content (AvgIpc) is 2.45.